The molecule has 0 aliphatic rings. The number of nitrogens with zero attached hydrogens (tertiary/aromatic N) is 3. The average molecular weight is 650 g/mol. The topological polar surface area (TPSA) is 73.2 Å². The Morgan fingerprint density at radius 3 is 0.568 bits per heavy atom. The number of rotatable bonds is 0. The summed E-state index contributed by atoms with van der Waals surface area (Å²) in [6.45, 7) is 44.1. The van der Waals surface area contributed by atoms with Crippen LogP contribution in [-0.4, -0.2) is 50.7 Å². The summed E-state index contributed by atoms with van der Waals surface area (Å²) >= 11 is 0. The smallest absolute Gasteiger partial charge is 0.369 e. The molecule has 7 heteroatoms. The van der Waals surface area contributed by atoms with Gasteiger partial charge in [-0.3, -0.25) is 15.0 Å². The van der Waals surface area contributed by atoms with Crippen LogP contribution in [0.2, 0.25) is 0 Å². The molecule has 0 rings (SSSR count). The third kappa shape index (κ3) is 45.9. The maximum absolute atomic E-state index is 4.50. The van der Waals surface area contributed by atoms with Crippen LogP contribution in [0.1, 0.15) is 145 Å². The summed E-state index contributed by atoms with van der Waals surface area (Å²) in [6.07, 6.45) is 0. The van der Waals surface area contributed by atoms with Gasteiger partial charge in [0.05, 0.1) is 34.1 Å². The molecule has 0 radical (unpaired) electrons. The van der Waals surface area contributed by atoms with E-state index in [9.17, 15) is 0 Å². The molecule has 0 fully saturated rings. The first-order chi connectivity index (χ1) is 15.3. The summed E-state index contributed by atoms with van der Waals surface area (Å²) in [5.74, 6) is 3.03. The molecular weight excluding hydrogens is 583 g/mol. The minimum atomic E-state index is 0. The van der Waals surface area contributed by atoms with Crippen LogP contribution in [0.5, 0.6) is 0 Å². The molecule has 6 nitrogen and oxygen atoms in total. The van der Waals surface area contributed by atoms with E-state index in [4.69, 9.17) is 0 Å². The van der Waals surface area contributed by atoms with Crippen molar-refractivity contribution in [2.45, 2.75) is 179 Å². The van der Waals surface area contributed by atoms with Crippen molar-refractivity contribution in [1.29, 1.82) is 0 Å². The maximum Gasteiger partial charge on any atom is 3.00 e. The quantitative estimate of drug-likeness (QED) is 0.186. The molecule has 0 aromatic rings. The molecule has 0 aromatic carbocycles. The molecule has 0 aliphatic carbocycles. The first kappa shape index (κ1) is 43.7. The molecule has 0 saturated heterocycles. The Hall–Kier alpha value is -0.395. The minimum Gasteiger partial charge on any atom is -0.369 e. The van der Waals surface area contributed by atoms with Crippen molar-refractivity contribution in [2.24, 2.45) is 15.0 Å². The standard InChI is InChI=1S/3C10H22N2.La/c3*1-8(11-9(2,3)4)12-10(5,6)7;/h3*1-7H3,(H,11,12);/q;;;+3. The van der Waals surface area contributed by atoms with Crippen LogP contribution in [-0.2, 0) is 0 Å². The number of amidine groups is 3. The molecule has 0 atom stereocenters. The minimum absolute atomic E-state index is 0. The molecule has 0 aliphatic heterocycles. The fourth-order valence-electron chi connectivity index (χ4n) is 3.22. The fraction of sp³-hybridized carbons (Fsp3) is 0.900. The van der Waals surface area contributed by atoms with Gasteiger partial charge in [-0.05, 0) is 145 Å². The van der Waals surface area contributed by atoms with Crippen molar-refractivity contribution in [3.8, 4) is 0 Å². The van der Waals surface area contributed by atoms with Crippen molar-refractivity contribution in [2.75, 3.05) is 0 Å². The van der Waals surface area contributed by atoms with Crippen LogP contribution in [0.4, 0.5) is 0 Å². The zero-order chi connectivity index (χ0) is 30.0. The predicted molar refractivity (Wildman–Crippen MR) is 167 cm³/mol. The normalized spacial score (nSPS) is 14.4. The molecular formula is C30H66LaN6+3. The number of aliphatic imine (C=N–C) groups is 3. The van der Waals surface area contributed by atoms with Crippen molar-refractivity contribution >= 4 is 17.5 Å². The van der Waals surface area contributed by atoms with E-state index in [1.807, 2.05) is 20.8 Å². The first-order valence-corrected chi connectivity index (χ1v) is 13.3. The SMILES string of the molecule is CC(=NC(C)(C)C)NC(C)(C)C.CC(=NC(C)(C)C)NC(C)(C)C.CC(=NC(C)(C)C)NC(C)(C)C.[La+3]. The van der Waals surface area contributed by atoms with Gasteiger partial charge in [0, 0.05) is 16.6 Å². The number of hydrogen-bond acceptors (Lipinski definition) is 3. The molecule has 216 valence electrons. The van der Waals surface area contributed by atoms with E-state index < -0.39 is 0 Å². The third-order valence-electron chi connectivity index (χ3n) is 3.18. The second-order valence-electron chi connectivity index (χ2n) is 15.7. The van der Waals surface area contributed by atoms with E-state index in [1.54, 1.807) is 0 Å². The third-order valence-corrected chi connectivity index (χ3v) is 3.18. The van der Waals surface area contributed by atoms with E-state index >= 15 is 0 Å². The summed E-state index contributed by atoms with van der Waals surface area (Å²) in [5, 5.41) is 9.98. The van der Waals surface area contributed by atoms with Crippen LogP contribution < -0.4 is 16.0 Å². The number of hydrogen-bond donors (Lipinski definition) is 3. The maximum atomic E-state index is 4.50. The van der Waals surface area contributed by atoms with Gasteiger partial charge in [0.2, 0.25) is 0 Å². The summed E-state index contributed by atoms with van der Waals surface area (Å²) < 4.78 is 0. The molecule has 0 saturated carbocycles. The Morgan fingerprint density at radius 2 is 0.486 bits per heavy atom. The van der Waals surface area contributed by atoms with Crippen LogP contribution in [0, 0.1) is 35.6 Å². The largest absolute Gasteiger partial charge is 3.00 e. The molecule has 0 bridgehead atoms. The average Bonchev–Trinajstić information content (AvgIpc) is 2.33. The Morgan fingerprint density at radius 1 is 0.351 bits per heavy atom. The van der Waals surface area contributed by atoms with Crippen molar-refractivity contribution in [1.82, 2.24) is 16.0 Å². The second kappa shape index (κ2) is 16.6. The molecule has 37 heavy (non-hydrogen) atoms. The Kier molecular flexibility index (Phi) is 19.6. The van der Waals surface area contributed by atoms with Gasteiger partial charge >= 0.3 is 35.6 Å². The van der Waals surface area contributed by atoms with E-state index in [1.165, 1.54) is 0 Å². The van der Waals surface area contributed by atoms with Crippen LogP contribution >= 0.6 is 0 Å². The van der Waals surface area contributed by atoms with Crippen molar-refractivity contribution in [3.05, 3.63) is 0 Å². The van der Waals surface area contributed by atoms with E-state index in [2.05, 4.69) is 156 Å². The van der Waals surface area contributed by atoms with Crippen LogP contribution in [0.25, 0.3) is 0 Å². The Balaban J connectivity index is -0.000000218. The molecule has 0 aromatic heterocycles. The van der Waals surface area contributed by atoms with E-state index in [0.717, 1.165) is 17.5 Å². The summed E-state index contributed by atoms with van der Waals surface area (Å²) in [6, 6.07) is 0. The van der Waals surface area contributed by atoms with Gasteiger partial charge < -0.3 is 16.0 Å². The van der Waals surface area contributed by atoms with Gasteiger partial charge in [-0.1, -0.05) is 0 Å². The van der Waals surface area contributed by atoms with E-state index in [0.29, 0.717) is 0 Å². The zero-order valence-corrected chi connectivity index (χ0v) is 32.5. The van der Waals surface area contributed by atoms with Gasteiger partial charge in [-0.15, -0.1) is 0 Å². The Labute approximate surface area is 261 Å². The first-order valence-electron chi connectivity index (χ1n) is 13.3. The molecule has 0 unspecified atom stereocenters. The zero-order valence-electron chi connectivity index (χ0n) is 28.9. The van der Waals surface area contributed by atoms with Crippen molar-refractivity contribution in [3.63, 3.8) is 0 Å². The van der Waals surface area contributed by atoms with Gasteiger partial charge in [0.1, 0.15) is 0 Å². The molecule has 0 heterocycles. The molecule has 3 N–H and O–H groups in total. The van der Waals surface area contributed by atoms with Gasteiger partial charge in [0.25, 0.3) is 0 Å². The second-order valence-corrected chi connectivity index (χ2v) is 15.7. The Bertz CT molecular complexity index is 608. The predicted octanol–water partition coefficient (Wildman–Crippen LogP) is 7.77. The summed E-state index contributed by atoms with van der Waals surface area (Å²) in [4.78, 5) is 13.5. The fourth-order valence-corrected chi connectivity index (χ4v) is 3.22. The summed E-state index contributed by atoms with van der Waals surface area (Å²) in [5.41, 5.74) is 0.378. The van der Waals surface area contributed by atoms with Gasteiger partial charge in [-0.25, -0.2) is 0 Å². The summed E-state index contributed by atoms with van der Waals surface area (Å²) in [7, 11) is 0. The molecule has 0 amide bonds. The van der Waals surface area contributed by atoms with Gasteiger partial charge in [-0.2, -0.15) is 0 Å². The van der Waals surface area contributed by atoms with Crippen LogP contribution in [0.3, 0.4) is 0 Å². The van der Waals surface area contributed by atoms with Crippen molar-refractivity contribution < 1.29 is 35.6 Å². The number of nitrogens with one attached hydrogen (secondary N) is 3. The van der Waals surface area contributed by atoms with Gasteiger partial charge in [0.15, 0.2) is 0 Å². The molecule has 0 spiro atoms. The van der Waals surface area contributed by atoms with Crippen LogP contribution in [0.15, 0.2) is 15.0 Å². The monoisotopic (exact) mass is 649 g/mol. The van der Waals surface area contributed by atoms with E-state index in [-0.39, 0.29) is 68.8 Å².